The van der Waals surface area contributed by atoms with Gasteiger partial charge in [0.05, 0.1) is 13.2 Å². The highest BCUT2D eigenvalue weighted by atomic mass is 32.2. The summed E-state index contributed by atoms with van der Waals surface area (Å²) < 4.78 is 5.21. The zero-order chi connectivity index (χ0) is 17.7. The van der Waals surface area contributed by atoms with Crippen LogP contribution >= 0.6 is 11.8 Å². The van der Waals surface area contributed by atoms with Gasteiger partial charge >= 0.3 is 0 Å². The van der Waals surface area contributed by atoms with E-state index in [4.69, 9.17) is 4.74 Å². The number of ether oxygens (including phenoxy) is 1. The van der Waals surface area contributed by atoms with Crippen LogP contribution in [0.5, 0.6) is 5.75 Å². The first-order chi connectivity index (χ1) is 11.4. The second-order valence-corrected chi connectivity index (χ2v) is 7.62. The standard InChI is InChI=1S/C18H26N2O3S/c1-13(21)24-12-14-9-18(22)20(10-14)11-17(19(2)3)15-5-7-16(23-4)8-6-15/h5-8,14,17H,9-12H2,1-4H3. The molecule has 1 amide bonds. The molecule has 0 N–H and O–H groups in total. The van der Waals surface area contributed by atoms with Crippen LogP contribution in [0.3, 0.4) is 0 Å². The van der Waals surface area contributed by atoms with Crippen LogP contribution in [0.1, 0.15) is 24.9 Å². The summed E-state index contributed by atoms with van der Waals surface area (Å²) in [6.07, 6.45) is 0.545. The molecular formula is C18H26N2O3S. The third kappa shape index (κ3) is 4.98. The zero-order valence-corrected chi connectivity index (χ0v) is 15.6. The predicted molar refractivity (Wildman–Crippen MR) is 97.2 cm³/mol. The summed E-state index contributed by atoms with van der Waals surface area (Å²) in [6.45, 7) is 2.98. The largest absolute Gasteiger partial charge is 0.497 e. The maximum atomic E-state index is 12.3. The molecule has 1 aliphatic heterocycles. The number of hydrogen-bond donors (Lipinski definition) is 0. The lowest BCUT2D eigenvalue weighted by Gasteiger charge is -2.29. The van der Waals surface area contributed by atoms with Crippen LogP contribution in [-0.4, -0.2) is 60.9 Å². The fourth-order valence-electron chi connectivity index (χ4n) is 2.98. The molecule has 2 unspecified atom stereocenters. The van der Waals surface area contributed by atoms with E-state index in [0.29, 0.717) is 13.0 Å². The second kappa shape index (κ2) is 8.53. The third-order valence-corrected chi connectivity index (χ3v) is 5.38. The Hall–Kier alpha value is -1.53. The van der Waals surface area contributed by atoms with Crippen LogP contribution in [0.15, 0.2) is 24.3 Å². The van der Waals surface area contributed by atoms with Crippen LogP contribution in [-0.2, 0) is 9.59 Å². The molecule has 0 saturated carbocycles. The lowest BCUT2D eigenvalue weighted by atomic mass is 10.1. The summed E-state index contributed by atoms with van der Waals surface area (Å²) in [5.74, 6) is 2.01. The molecule has 2 rings (SSSR count). The Kier molecular flexibility index (Phi) is 6.69. The smallest absolute Gasteiger partial charge is 0.223 e. The van der Waals surface area contributed by atoms with Gasteiger partial charge in [-0.25, -0.2) is 0 Å². The van der Waals surface area contributed by atoms with Gasteiger partial charge in [0.25, 0.3) is 0 Å². The number of rotatable bonds is 7. The third-order valence-electron chi connectivity index (χ3n) is 4.33. The van der Waals surface area contributed by atoms with Crippen LogP contribution in [0.4, 0.5) is 0 Å². The van der Waals surface area contributed by atoms with E-state index in [2.05, 4.69) is 4.90 Å². The topological polar surface area (TPSA) is 49.9 Å². The van der Waals surface area contributed by atoms with E-state index in [1.54, 1.807) is 14.0 Å². The molecule has 5 nitrogen and oxygen atoms in total. The fourth-order valence-corrected chi connectivity index (χ4v) is 3.67. The zero-order valence-electron chi connectivity index (χ0n) is 14.8. The number of thioether (sulfide) groups is 1. The minimum absolute atomic E-state index is 0.116. The molecule has 1 fully saturated rings. The molecule has 0 radical (unpaired) electrons. The highest BCUT2D eigenvalue weighted by molar-refractivity contribution is 8.13. The van der Waals surface area contributed by atoms with Gasteiger partial charge in [-0.05, 0) is 37.7 Å². The van der Waals surface area contributed by atoms with Gasteiger partial charge in [-0.2, -0.15) is 0 Å². The first-order valence-electron chi connectivity index (χ1n) is 8.12. The monoisotopic (exact) mass is 350 g/mol. The minimum Gasteiger partial charge on any atom is -0.497 e. The SMILES string of the molecule is COc1ccc(C(CN2CC(CSC(C)=O)CC2=O)N(C)C)cc1. The first-order valence-corrected chi connectivity index (χ1v) is 9.10. The molecule has 6 heteroatoms. The molecule has 1 heterocycles. The molecule has 1 aliphatic rings. The van der Waals surface area contributed by atoms with Crippen molar-refractivity contribution in [1.82, 2.24) is 9.80 Å². The van der Waals surface area contributed by atoms with E-state index in [1.807, 2.05) is 43.3 Å². The van der Waals surface area contributed by atoms with Crippen molar-refractivity contribution in [3.8, 4) is 5.75 Å². The number of hydrogen-bond acceptors (Lipinski definition) is 5. The lowest BCUT2D eigenvalue weighted by molar-refractivity contribution is -0.128. The minimum atomic E-state index is 0.116. The van der Waals surface area contributed by atoms with Crippen molar-refractivity contribution < 1.29 is 14.3 Å². The van der Waals surface area contributed by atoms with Crippen molar-refractivity contribution in [3.63, 3.8) is 0 Å². The number of likely N-dealkylation sites (N-methyl/N-ethyl adjacent to an activating group) is 1. The van der Waals surface area contributed by atoms with E-state index < -0.39 is 0 Å². The van der Waals surface area contributed by atoms with Crippen molar-refractivity contribution in [2.75, 3.05) is 40.0 Å². The highest BCUT2D eigenvalue weighted by Gasteiger charge is 2.32. The molecule has 0 aliphatic carbocycles. The van der Waals surface area contributed by atoms with Crippen molar-refractivity contribution in [1.29, 1.82) is 0 Å². The van der Waals surface area contributed by atoms with Gasteiger partial charge in [-0.1, -0.05) is 23.9 Å². The number of methoxy groups -OCH3 is 1. The van der Waals surface area contributed by atoms with Crippen LogP contribution in [0.25, 0.3) is 0 Å². The van der Waals surface area contributed by atoms with Gasteiger partial charge in [0.1, 0.15) is 5.75 Å². The maximum absolute atomic E-state index is 12.3. The molecule has 0 aromatic heterocycles. The Balaban J connectivity index is 2.02. The first kappa shape index (κ1) is 18.8. The van der Waals surface area contributed by atoms with E-state index in [-0.39, 0.29) is 23.0 Å². The van der Waals surface area contributed by atoms with Crippen LogP contribution in [0.2, 0.25) is 0 Å². The molecule has 132 valence electrons. The van der Waals surface area contributed by atoms with Gasteiger partial charge in [-0.3, -0.25) is 9.59 Å². The molecular weight excluding hydrogens is 324 g/mol. The van der Waals surface area contributed by atoms with Crippen molar-refractivity contribution in [2.45, 2.75) is 19.4 Å². The average Bonchev–Trinajstić information content (AvgIpc) is 2.90. The Morgan fingerprint density at radius 2 is 2.04 bits per heavy atom. The molecule has 2 atom stereocenters. The molecule has 1 saturated heterocycles. The molecule has 1 aromatic rings. The van der Waals surface area contributed by atoms with E-state index >= 15 is 0 Å². The van der Waals surface area contributed by atoms with E-state index in [0.717, 1.165) is 23.6 Å². The summed E-state index contributed by atoms with van der Waals surface area (Å²) in [5.41, 5.74) is 1.16. The average molecular weight is 350 g/mol. The van der Waals surface area contributed by atoms with Crippen molar-refractivity contribution in [3.05, 3.63) is 29.8 Å². The van der Waals surface area contributed by atoms with Gasteiger partial charge in [0.15, 0.2) is 5.12 Å². The van der Waals surface area contributed by atoms with Gasteiger partial charge in [0.2, 0.25) is 5.91 Å². The van der Waals surface area contributed by atoms with Crippen LogP contribution < -0.4 is 4.74 Å². The number of benzene rings is 1. The number of carbonyl (C=O) groups is 2. The van der Waals surface area contributed by atoms with E-state index in [1.165, 1.54) is 11.8 Å². The maximum Gasteiger partial charge on any atom is 0.223 e. The molecule has 0 spiro atoms. The molecule has 1 aromatic carbocycles. The van der Waals surface area contributed by atoms with E-state index in [9.17, 15) is 9.59 Å². The van der Waals surface area contributed by atoms with Crippen LogP contribution in [0, 0.1) is 5.92 Å². The molecule has 24 heavy (non-hydrogen) atoms. The number of carbonyl (C=O) groups excluding carboxylic acids is 2. The van der Waals surface area contributed by atoms with Crippen molar-refractivity contribution in [2.24, 2.45) is 5.92 Å². The summed E-state index contributed by atoms with van der Waals surface area (Å²) in [4.78, 5) is 27.5. The summed E-state index contributed by atoms with van der Waals surface area (Å²) in [6, 6.07) is 8.13. The number of nitrogens with zero attached hydrogens (tertiary/aromatic N) is 2. The van der Waals surface area contributed by atoms with Gasteiger partial charge < -0.3 is 14.5 Å². The second-order valence-electron chi connectivity index (χ2n) is 6.42. The predicted octanol–water partition coefficient (Wildman–Crippen LogP) is 2.43. The van der Waals surface area contributed by atoms with Gasteiger partial charge in [-0.15, -0.1) is 0 Å². The Morgan fingerprint density at radius 3 is 2.58 bits per heavy atom. The summed E-state index contributed by atoms with van der Waals surface area (Å²) in [5, 5.41) is 0.116. The Morgan fingerprint density at radius 1 is 1.38 bits per heavy atom. The van der Waals surface area contributed by atoms with Gasteiger partial charge in [0, 0.05) is 32.2 Å². The Bertz CT molecular complexity index is 574. The van der Waals surface area contributed by atoms with Crippen molar-refractivity contribution >= 4 is 22.8 Å². The fraction of sp³-hybridized carbons (Fsp3) is 0.556. The normalized spacial score (nSPS) is 19.0. The molecule has 0 bridgehead atoms. The quantitative estimate of drug-likeness (QED) is 0.756. The Labute approximate surface area is 148 Å². The summed E-state index contributed by atoms with van der Waals surface area (Å²) in [7, 11) is 5.71. The summed E-state index contributed by atoms with van der Waals surface area (Å²) >= 11 is 1.32. The number of likely N-dealkylation sites (tertiary alicyclic amines) is 1. The highest BCUT2D eigenvalue weighted by Crippen LogP contribution is 2.27. The lowest BCUT2D eigenvalue weighted by Crippen LogP contribution is -2.35. The number of amides is 1.